The molecule has 0 fully saturated rings. The van der Waals surface area contributed by atoms with Gasteiger partial charge >= 0.3 is 6.09 Å². The van der Waals surface area contributed by atoms with Gasteiger partial charge in [-0.2, -0.15) is 5.10 Å². The standard InChI is InChI=1S/C26H23FN4O3/c27-22-13-11-20(12-14-22)25-21(17-31(30-25)23-9-5-2-6-10-23)15-28-24(32)16-29-26(33)34-18-19-7-3-1-4-8-19/h1-14,17H,15-16,18H2,(H,28,32)(H,29,33). The molecule has 2 N–H and O–H groups in total. The number of nitrogens with one attached hydrogen (secondary N) is 2. The number of ether oxygens (including phenoxy) is 1. The Balaban J connectivity index is 1.37. The average molecular weight is 458 g/mol. The van der Waals surface area contributed by atoms with Gasteiger partial charge in [0.15, 0.2) is 0 Å². The Morgan fingerprint density at radius 2 is 1.56 bits per heavy atom. The number of carbonyl (C=O) groups is 2. The number of aromatic nitrogens is 2. The third kappa shape index (κ3) is 6.07. The van der Waals surface area contributed by atoms with E-state index in [0.717, 1.165) is 22.4 Å². The number of hydrogen-bond donors (Lipinski definition) is 2. The van der Waals surface area contributed by atoms with E-state index in [-0.39, 0.29) is 31.4 Å². The summed E-state index contributed by atoms with van der Waals surface area (Å²) in [5.41, 5.74) is 3.80. The van der Waals surface area contributed by atoms with Gasteiger partial charge in [0.05, 0.1) is 11.4 Å². The lowest BCUT2D eigenvalue weighted by Gasteiger charge is -2.08. The molecule has 0 unspecified atom stereocenters. The fourth-order valence-electron chi connectivity index (χ4n) is 3.29. The highest BCUT2D eigenvalue weighted by atomic mass is 19.1. The third-order valence-electron chi connectivity index (χ3n) is 5.01. The molecule has 0 radical (unpaired) electrons. The Morgan fingerprint density at radius 1 is 0.882 bits per heavy atom. The summed E-state index contributed by atoms with van der Waals surface area (Å²) >= 11 is 0. The van der Waals surface area contributed by atoms with E-state index in [0.29, 0.717) is 5.69 Å². The van der Waals surface area contributed by atoms with E-state index in [1.165, 1.54) is 12.1 Å². The number of hydrogen-bond acceptors (Lipinski definition) is 4. The fourth-order valence-corrected chi connectivity index (χ4v) is 3.29. The van der Waals surface area contributed by atoms with Gasteiger partial charge in [-0.25, -0.2) is 13.9 Å². The lowest BCUT2D eigenvalue weighted by atomic mass is 10.1. The Morgan fingerprint density at radius 3 is 2.26 bits per heavy atom. The van der Waals surface area contributed by atoms with E-state index in [2.05, 4.69) is 15.7 Å². The first kappa shape index (κ1) is 22.7. The number of benzene rings is 3. The molecule has 0 atom stereocenters. The first-order chi connectivity index (χ1) is 16.6. The van der Waals surface area contributed by atoms with Crippen molar-refractivity contribution in [3.8, 4) is 16.9 Å². The first-order valence-electron chi connectivity index (χ1n) is 10.7. The quantitative estimate of drug-likeness (QED) is 0.414. The summed E-state index contributed by atoms with van der Waals surface area (Å²) in [5.74, 6) is -0.722. The van der Waals surface area contributed by atoms with Gasteiger partial charge in [0, 0.05) is 23.9 Å². The van der Waals surface area contributed by atoms with Crippen molar-refractivity contribution in [3.05, 3.63) is 108 Å². The van der Waals surface area contributed by atoms with Crippen molar-refractivity contribution in [3.63, 3.8) is 0 Å². The van der Waals surface area contributed by atoms with Crippen LogP contribution >= 0.6 is 0 Å². The highest BCUT2D eigenvalue weighted by Crippen LogP contribution is 2.24. The number of rotatable bonds is 8. The van der Waals surface area contributed by atoms with Crippen molar-refractivity contribution in [1.82, 2.24) is 20.4 Å². The molecule has 4 rings (SSSR count). The lowest BCUT2D eigenvalue weighted by Crippen LogP contribution is -2.36. The van der Waals surface area contributed by atoms with Gasteiger partial charge < -0.3 is 15.4 Å². The smallest absolute Gasteiger partial charge is 0.407 e. The summed E-state index contributed by atoms with van der Waals surface area (Å²) in [6.07, 6.45) is 1.14. The molecular weight excluding hydrogens is 435 g/mol. The zero-order chi connectivity index (χ0) is 23.8. The molecule has 8 heteroatoms. The van der Waals surface area contributed by atoms with Gasteiger partial charge in [0.25, 0.3) is 0 Å². The Kier molecular flexibility index (Phi) is 7.29. The SMILES string of the molecule is O=C(CNC(=O)OCc1ccccc1)NCc1cn(-c2ccccc2)nc1-c1ccc(F)cc1. The summed E-state index contributed by atoms with van der Waals surface area (Å²) in [4.78, 5) is 24.2. The zero-order valence-corrected chi connectivity index (χ0v) is 18.3. The fraction of sp³-hybridized carbons (Fsp3) is 0.115. The van der Waals surface area contributed by atoms with Crippen LogP contribution in [0.1, 0.15) is 11.1 Å². The molecule has 1 aromatic heterocycles. The molecule has 7 nitrogen and oxygen atoms in total. The van der Waals surface area contributed by atoms with Gasteiger partial charge in [0.1, 0.15) is 19.0 Å². The molecule has 34 heavy (non-hydrogen) atoms. The van der Waals surface area contributed by atoms with Gasteiger partial charge in [-0.1, -0.05) is 48.5 Å². The molecule has 1 heterocycles. The van der Waals surface area contributed by atoms with Gasteiger partial charge in [-0.05, 0) is 42.0 Å². The number of alkyl carbamates (subject to hydrolysis) is 1. The van der Waals surface area contributed by atoms with Crippen molar-refractivity contribution in [1.29, 1.82) is 0 Å². The Hall–Kier alpha value is -4.46. The predicted molar refractivity (Wildman–Crippen MR) is 125 cm³/mol. The second kappa shape index (κ2) is 10.9. The molecule has 0 aliphatic carbocycles. The van der Waals surface area contributed by atoms with E-state index in [1.807, 2.05) is 66.9 Å². The van der Waals surface area contributed by atoms with E-state index < -0.39 is 6.09 Å². The molecule has 0 spiro atoms. The normalized spacial score (nSPS) is 10.5. The largest absolute Gasteiger partial charge is 0.445 e. The third-order valence-corrected chi connectivity index (χ3v) is 5.01. The Bertz CT molecular complexity index is 1240. The van der Waals surface area contributed by atoms with Gasteiger partial charge in [-0.3, -0.25) is 4.79 Å². The topological polar surface area (TPSA) is 85.3 Å². The maximum atomic E-state index is 13.4. The second-order valence-corrected chi connectivity index (χ2v) is 7.48. The van der Waals surface area contributed by atoms with Crippen LogP contribution < -0.4 is 10.6 Å². The molecule has 172 valence electrons. The van der Waals surface area contributed by atoms with Crippen LogP contribution in [0.25, 0.3) is 16.9 Å². The molecule has 0 aliphatic rings. The molecule has 0 saturated carbocycles. The number of halogens is 1. The number of carbonyl (C=O) groups excluding carboxylic acids is 2. The van der Waals surface area contributed by atoms with Gasteiger partial charge in [-0.15, -0.1) is 0 Å². The molecule has 0 bridgehead atoms. The Labute approximate surface area is 196 Å². The molecule has 2 amide bonds. The van der Waals surface area contributed by atoms with E-state index >= 15 is 0 Å². The second-order valence-electron chi connectivity index (χ2n) is 7.48. The van der Waals surface area contributed by atoms with Crippen LogP contribution in [0.15, 0.2) is 91.1 Å². The molecule has 4 aromatic rings. The average Bonchev–Trinajstić information content (AvgIpc) is 3.31. The summed E-state index contributed by atoms with van der Waals surface area (Å²) in [5, 5.41) is 9.85. The van der Waals surface area contributed by atoms with E-state index in [4.69, 9.17) is 4.74 Å². The number of para-hydroxylation sites is 1. The molecule has 3 aromatic carbocycles. The first-order valence-corrected chi connectivity index (χ1v) is 10.7. The molecule has 0 aliphatic heterocycles. The minimum Gasteiger partial charge on any atom is -0.445 e. The highest BCUT2D eigenvalue weighted by Gasteiger charge is 2.14. The van der Waals surface area contributed by atoms with Crippen molar-refractivity contribution < 1.29 is 18.7 Å². The van der Waals surface area contributed by atoms with Crippen molar-refractivity contribution in [2.45, 2.75) is 13.2 Å². The van der Waals surface area contributed by atoms with Crippen LogP contribution in [-0.2, 0) is 22.7 Å². The molecular formula is C26H23FN4O3. The van der Waals surface area contributed by atoms with Crippen LogP contribution in [0.3, 0.4) is 0 Å². The zero-order valence-electron chi connectivity index (χ0n) is 18.3. The predicted octanol–water partition coefficient (Wildman–Crippen LogP) is 4.22. The summed E-state index contributed by atoms with van der Waals surface area (Å²) < 4.78 is 20.2. The van der Waals surface area contributed by atoms with Crippen LogP contribution in [0.2, 0.25) is 0 Å². The number of amides is 2. The van der Waals surface area contributed by atoms with E-state index in [9.17, 15) is 14.0 Å². The van der Waals surface area contributed by atoms with Crippen LogP contribution in [-0.4, -0.2) is 28.3 Å². The van der Waals surface area contributed by atoms with Crippen LogP contribution in [0.5, 0.6) is 0 Å². The summed E-state index contributed by atoms with van der Waals surface area (Å²) in [6, 6.07) is 24.8. The maximum absolute atomic E-state index is 13.4. The van der Waals surface area contributed by atoms with Crippen LogP contribution in [0.4, 0.5) is 9.18 Å². The van der Waals surface area contributed by atoms with Crippen molar-refractivity contribution >= 4 is 12.0 Å². The molecule has 0 saturated heterocycles. The lowest BCUT2D eigenvalue weighted by molar-refractivity contribution is -0.120. The summed E-state index contributed by atoms with van der Waals surface area (Å²) in [6.45, 7) is 0.0689. The minimum atomic E-state index is -0.678. The maximum Gasteiger partial charge on any atom is 0.407 e. The van der Waals surface area contributed by atoms with Crippen LogP contribution in [0, 0.1) is 5.82 Å². The summed E-state index contributed by atoms with van der Waals surface area (Å²) in [7, 11) is 0. The number of nitrogens with zero attached hydrogens (tertiary/aromatic N) is 2. The van der Waals surface area contributed by atoms with Gasteiger partial charge in [0.2, 0.25) is 5.91 Å². The van der Waals surface area contributed by atoms with E-state index in [1.54, 1.807) is 16.8 Å². The van der Waals surface area contributed by atoms with Crippen molar-refractivity contribution in [2.24, 2.45) is 0 Å². The minimum absolute atomic E-state index is 0.119. The highest BCUT2D eigenvalue weighted by molar-refractivity contribution is 5.82. The monoisotopic (exact) mass is 458 g/mol. The van der Waals surface area contributed by atoms with Crippen molar-refractivity contribution in [2.75, 3.05) is 6.54 Å².